The van der Waals surface area contributed by atoms with Crippen LogP contribution in [0.25, 0.3) is 130 Å². The molecule has 0 saturated carbocycles. The van der Waals surface area contributed by atoms with Crippen molar-refractivity contribution in [1.29, 1.82) is 0 Å². The van der Waals surface area contributed by atoms with Gasteiger partial charge in [-0.15, -0.1) is 0 Å². The van der Waals surface area contributed by atoms with Crippen LogP contribution in [0, 0.1) is 0 Å². The second-order valence-electron chi connectivity index (χ2n) is 22.5. The van der Waals surface area contributed by atoms with Crippen LogP contribution in [0.3, 0.4) is 0 Å². The third-order valence-electron chi connectivity index (χ3n) is 17.6. The Kier molecular flexibility index (Phi) is 11.0. The highest BCUT2D eigenvalue weighted by Crippen LogP contribution is 2.50. The van der Waals surface area contributed by atoms with Crippen molar-refractivity contribution in [2.45, 2.75) is 0 Å². The van der Waals surface area contributed by atoms with E-state index in [-0.39, 0.29) is 0 Å². The number of anilines is 6. The number of rotatable bonds is 8. The van der Waals surface area contributed by atoms with Crippen LogP contribution in [0.15, 0.2) is 315 Å². The fourth-order valence-corrected chi connectivity index (χ4v) is 13.6. The van der Waals surface area contributed by atoms with Crippen molar-refractivity contribution in [3.63, 3.8) is 0 Å². The molecule has 0 aliphatic heterocycles. The van der Waals surface area contributed by atoms with Gasteiger partial charge in [0, 0.05) is 34.1 Å². The van der Waals surface area contributed by atoms with Gasteiger partial charge in [-0.05, 0) is 215 Å². The van der Waals surface area contributed by atoms with Gasteiger partial charge in [-0.2, -0.15) is 0 Å². The van der Waals surface area contributed by atoms with E-state index in [9.17, 15) is 0 Å². The van der Waals surface area contributed by atoms with Crippen molar-refractivity contribution in [3.05, 3.63) is 315 Å². The first-order valence-corrected chi connectivity index (χ1v) is 29.0. The zero-order chi connectivity index (χ0) is 55.2. The number of nitrogens with zero attached hydrogens (tertiary/aromatic N) is 2. The third kappa shape index (κ3) is 7.95. The Balaban J connectivity index is 0.987. The Hall–Kier alpha value is -11.1. The standard InChI is InChI=1S/C82H52N2/c1-5-19-59-47-67(35-29-53(59)13-1)83(68-36-30-54-14-2-6-20-60(54)48-68)71-39-43-77-79(51-71)81(65-33-41-75-63(45-65)27-25-57-17-9-11-23-73(57)75)78-44-40-72(52-80(78)82(77)66-34-42-76-64(46-66)28-26-58-18-10-12-24-74(58)76)84(69-37-31-55-15-3-7-21-61(55)49-69)70-38-32-56-16-4-8-22-62(56)50-70/h1-52H. The van der Waals surface area contributed by atoms with E-state index in [1.165, 1.54) is 119 Å². The normalized spacial score (nSPS) is 11.8. The Morgan fingerprint density at radius 3 is 0.750 bits per heavy atom. The van der Waals surface area contributed by atoms with Crippen LogP contribution < -0.4 is 9.80 Å². The predicted octanol–water partition coefficient (Wildman–Crippen LogP) is 23.5. The first-order valence-electron chi connectivity index (χ1n) is 29.0. The summed E-state index contributed by atoms with van der Waals surface area (Å²) in [6, 6.07) is 118. The number of hydrogen-bond acceptors (Lipinski definition) is 2. The van der Waals surface area contributed by atoms with Gasteiger partial charge in [0.15, 0.2) is 0 Å². The molecule has 0 aliphatic carbocycles. The van der Waals surface area contributed by atoms with Crippen LogP contribution in [0.2, 0.25) is 0 Å². The average Bonchev–Trinajstić information content (AvgIpc) is 1.06. The number of fused-ring (bicyclic) bond motifs is 12. The van der Waals surface area contributed by atoms with Gasteiger partial charge in [-0.25, -0.2) is 0 Å². The molecule has 17 rings (SSSR count). The molecule has 2 nitrogen and oxygen atoms in total. The quantitative estimate of drug-likeness (QED) is 0.111. The number of hydrogen-bond donors (Lipinski definition) is 0. The van der Waals surface area contributed by atoms with E-state index in [1.54, 1.807) is 0 Å². The lowest BCUT2D eigenvalue weighted by molar-refractivity contribution is 1.30. The summed E-state index contributed by atoms with van der Waals surface area (Å²) >= 11 is 0. The van der Waals surface area contributed by atoms with E-state index < -0.39 is 0 Å². The molecule has 2 heteroatoms. The molecule has 0 unspecified atom stereocenters. The van der Waals surface area contributed by atoms with E-state index in [0.717, 1.165) is 45.3 Å². The summed E-state index contributed by atoms with van der Waals surface area (Å²) in [5.74, 6) is 0. The molecule has 0 aliphatic rings. The topological polar surface area (TPSA) is 6.48 Å². The Morgan fingerprint density at radius 1 is 0.143 bits per heavy atom. The van der Waals surface area contributed by atoms with Crippen LogP contribution in [-0.4, -0.2) is 0 Å². The fourth-order valence-electron chi connectivity index (χ4n) is 13.6. The van der Waals surface area contributed by atoms with Crippen molar-refractivity contribution in [1.82, 2.24) is 0 Å². The van der Waals surface area contributed by atoms with Crippen molar-refractivity contribution in [3.8, 4) is 22.3 Å². The average molecular weight is 1070 g/mol. The van der Waals surface area contributed by atoms with E-state index >= 15 is 0 Å². The Labute approximate surface area is 486 Å². The first-order chi connectivity index (χ1) is 41.6. The maximum atomic E-state index is 2.47. The van der Waals surface area contributed by atoms with Crippen LogP contribution in [0.5, 0.6) is 0 Å². The molecule has 0 atom stereocenters. The lowest BCUT2D eigenvalue weighted by Gasteiger charge is -2.29. The first kappa shape index (κ1) is 47.7. The molecule has 0 spiro atoms. The van der Waals surface area contributed by atoms with E-state index in [0.29, 0.717) is 0 Å². The highest BCUT2D eigenvalue weighted by Gasteiger charge is 2.24. The van der Waals surface area contributed by atoms with E-state index in [2.05, 4.69) is 325 Å². The van der Waals surface area contributed by atoms with Crippen LogP contribution in [0.4, 0.5) is 34.1 Å². The smallest absolute Gasteiger partial charge is 0.0468 e. The van der Waals surface area contributed by atoms with Crippen LogP contribution in [0.1, 0.15) is 0 Å². The maximum Gasteiger partial charge on any atom is 0.0468 e. The summed E-state index contributed by atoms with van der Waals surface area (Å²) in [5.41, 5.74) is 11.2. The fraction of sp³-hybridized carbons (Fsp3) is 0. The molecule has 0 amide bonds. The Bertz CT molecular complexity index is 5040. The molecule has 0 radical (unpaired) electrons. The minimum atomic E-state index is 1.08. The second kappa shape index (κ2) is 19.3. The van der Waals surface area contributed by atoms with Crippen molar-refractivity contribution in [2.75, 3.05) is 9.80 Å². The molecular formula is C82H52N2. The van der Waals surface area contributed by atoms with Gasteiger partial charge in [-0.1, -0.05) is 231 Å². The molecule has 0 N–H and O–H groups in total. The summed E-state index contributed by atoms with van der Waals surface area (Å²) in [7, 11) is 0. The predicted molar refractivity (Wildman–Crippen MR) is 362 cm³/mol. The summed E-state index contributed by atoms with van der Waals surface area (Å²) in [4.78, 5) is 4.90. The molecule has 17 aromatic carbocycles. The van der Waals surface area contributed by atoms with E-state index in [1.807, 2.05) is 0 Å². The maximum absolute atomic E-state index is 2.47. The lowest BCUT2D eigenvalue weighted by Crippen LogP contribution is -2.10. The summed E-state index contributed by atoms with van der Waals surface area (Å²) < 4.78 is 0. The summed E-state index contributed by atoms with van der Waals surface area (Å²) in [6.45, 7) is 0. The molecule has 0 heterocycles. The van der Waals surface area contributed by atoms with Crippen LogP contribution in [-0.2, 0) is 0 Å². The zero-order valence-corrected chi connectivity index (χ0v) is 45.9. The minimum absolute atomic E-state index is 1.08. The zero-order valence-electron chi connectivity index (χ0n) is 45.9. The van der Waals surface area contributed by atoms with E-state index in [4.69, 9.17) is 0 Å². The SMILES string of the molecule is c1ccc2cc(N(c3ccc4ccccc4c3)c3ccc4c(-c5ccc6c(ccc7ccccc76)c5)c5cc(N(c6ccc7ccccc7c6)c6ccc7ccccc7c6)ccc5c(-c5ccc6c(ccc7ccccc76)c5)c4c3)ccc2c1. The molecule has 0 bridgehead atoms. The van der Waals surface area contributed by atoms with Crippen LogP contribution >= 0.6 is 0 Å². The lowest BCUT2D eigenvalue weighted by atomic mass is 9.84. The molecule has 0 saturated heterocycles. The van der Waals surface area contributed by atoms with Gasteiger partial charge in [0.25, 0.3) is 0 Å². The highest BCUT2D eigenvalue weighted by molar-refractivity contribution is 6.24. The molecule has 0 aromatic heterocycles. The van der Waals surface area contributed by atoms with Gasteiger partial charge in [0.05, 0.1) is 0 Å². The monoisotopic (exact) mass is 1060 g/mol. The Morgan fingerprint density at radius 2 is 0.393 bits per heavy atom. The van der Waals surface area contributed by atoms with Crippen molar-refractivity contribution in [2.24, 2.45) is 0 Å². The third-order valence-corrected chi connectivity index (χ3v) is 17.6. The molecule has 0 fully saturated rings. The largest absolute Gasteiger partial charge is 0.310 e. The highest BCUT2D eigenvalue weighted by atomic mass is 15.1. The summed E-state index contributed by atoms with van der Waals surface area (Å²) in [6.07, 6.45) is 0. The second-order valence-corrected chi connectivity index (χ2v) is 22.5. The molecule has 84 heavy (non-hydrogen) atoms. The molecule has 390 valence electrons. The van der Waals surface area contributed by atoms with Gasteiger partial charge >= 0.3 is 0 Å². The van der Waals surface area contributed by atoms with Crippen molar-refractivity contribution < 1.29 is 0 Å². The van der Waals surface area contributed by atoms with Gasteiger partial charge < -0.3 is 9.80 Å². The van der Waals surface area contributed by atoms with Crippen molar-refractivity contribution >= 4 is 142 Å². The number of benzene rings is 17. The van der Waals surface area contributed by atoms with Gasteiger partial charge in [-0.3, -0.25) is 0 Å². The molecular weight excluding hydrogens is 1010 g/mol. The molecule has 17 aromatic rings. The minimum Gasteiger partial charge on any atom is -0.310 e. The van der Waals surface area contributed by atoms with Gasteiger partial charge in [0.1, 0.15) is 0 Å². The van der Waals surface area contributed by atoms with Gasteiger partial charge in [0.2, 0.25) is 0 Å². The summed E-state index contributed by atoms with van der Waals surface area (Å²) in [5, 5.41) is 24.2.